The third kappa shape index (κ3) is 3.30. The maximum Gasteiger partial charge on any atom is 0.338 e. The highest BCUT2D eigenvalue weighted by Gasteiger charge is 2.18. The van der Waals surface area contributed by atoms with Gasteiger partial charge in [0.05, 0.1) is 30.9 Å². The smallest absolute Gasteiger partial charge is 0.338 e. The van der Waals surface area contributed by atoms with E-state index in [9.17, 15) is 9.59 Å². The summed E-state index contributed by atoms with van der Waals surface area (Å²) in [5.74, 6) is -0.949. The van der Waals surface area contributed by atoms with Crippen LogP contribution in [0.2, 0.25) is 0 Å². The minimum absolute atomic E-state index is 0.136. The van der Waals surface area contributed by atoms with E-state index < -0.39 is 11.9 Å². The van der Waals surface area contributed by atoms with E-state index in [4.69, 9.17) is 5.11 Å². The Kier molecular flexibility index (Phi) is 5.32. The number of benzene rings is 1. The van der Waals surface area contributed by atoms with Crippen molar-refractivity contribution in [3.05, 3.63) is 35.4 Å². The largest absolute Gasteiger partial charge is 0.465 e. The first kappa shape index (κ1) is 14.2. The Hall–Kier alpha value is -1.88. The molecule has 1 aromatic carbocycles. The topological polar surface area (TPSA) is 75.6 Å². The van der Waals surface area contributed by atoms with Crippen LogP contribution in [0.5, 0.6) is 0 Å². The zero-order valence-corrected chi connectivity index (χ0v) is 10.5. The van der Waals surface area contributed by atoms with Crippen molar-refractivity contribution in [3.8, 4) is 0 Å². The van der Waals surface area contributed by atoms with Crippen LogP contribution in [0.1, 0.15) is 34.1 Å². The summed E-state index contributed by atoms with van der Waals surface area (Å²) < 4.78 is 4.62. The molecule has 0 aliphatic carbocycles. The van der Waals surface area contributed by atoms with Crippen molar-refractivity contribution >= 4 is 11.9 Å². The van der Waals surface area contributed by atoms with Crippen LogP contribution < -0.4 is 5.32 Å². The third-order valence-corrected chi connectivity index (χ3v) is 2.63. The highest BCUT2D eigenvalue weighted by Crippen LogP contribution is 2.10. The summed E-state index contributed by atoms with van der Waals surface area (Å²) in [6.07, 6.45) is 0.614. The first-order valence-corrected chi connectivity index (χ1v) is 5.73. The standard InChI is InChI=1S/C13H17NO4/c1-3-9(8-15)14-12(16)10-6-4-5-7-11(10)13(17)18-2/h4-7,9,15H,3,8H2,1-2H3,(H,14,16). The average molecular weight is 251 g/mol. The van der Waals surface area contributed by atoms with Crippen LogP contribution in [0.15, 0.2) is 24.3 Å². The molecule has 0 aromatic heterocycles. The van der Waals surface area contributed by atoms with Crippen LogP contribution in [0.3, 0.4) is 0 Å². The number of hydrogen-bond donors (Lipinski definition) is 2. The molecule has 5 heteroatoms. The van der Waals surface area contributed by atoms with Gasteiger partial charge in [0.1, 0.15) is 0 Å². The number of aliphatic hydroxyl groups excluding tert-OH is 1. The minimum Gasteiger partial charge on any atom is -0.465 e. The van der Waals surface area contributed by atoms with Gasteiger partial charge in [-0.05, 0) is 18.6 Å². The molecule has 0 saturated heterocycles. The van der Waals surface area contributed by atoms with Crippen molar-refractivity contribution in [1.82, 2.24) is 5.32 Å². The highest BCUT2D eigenvalue weighted by molar-refractivity contribution is 6.05. The molecule has 2 N–H and O–H groups in total. The second kappa shape index (κ2) is 6.76. The summed E-state index contributed by atoms with van der Waals surface area (Å²) in [6, 6.07) is 6.09. The number of hydrogen-bond acceptors (Lipinski definition) is 4. The van der Waals surface area contributed by atoms with E-state index in [0.29, 0.717) is 6.42 Å². The summed E-state index contributed by atoms with van der Waals surface area (Å²) in [5.41, 5.74) is 0.460. The number of ether oxygens (including phenoxy) is 1. The molecule has 0 aliphatic heterocycles. The van der Waals surface area contributed by atoms with E-state index in [-0.39, 0.29) is 23.8 Å². The van der Waals surface area contributed by atoms with Gasteiger partial charge in [-0.3, -0.25) is 4.79 Å². The van der Waals surface area contributed by atoms with Crippen molar-refractivity contribution in [2.24, 2.45) is 0 Å². The molecule has 0 spiro atoms. The van der Waals surface area contributed by atoms with Crippen LogP contribution >= 0.6 is 0 Å². The molecule has 0 radical (unpaired) electrons. The Balaban J connectivity index is 2.95. The van der Waals surface area contributed by atoms with Crippen molar-refractivity contribution in [1.29, 1.82) is 0 Å². The van der Waals surface area contributed by atoms with Gasteiger partial charge in [-0.2, -0.15) is 0 Å². The highest BCUT2D eigenvalue weighted by atomic mass is 16.5. The summed E-state index contributed by atoms with van der Waals surface area (Å²) in [5, 5.41) is 11.7. The van der Waals surface area contributed by atoms with Crippen molar-refractivity contribution < 1.29 is 19.4 Å². The molecule has 0 aliphatic rings. The number of rotatable bonds is 5. The Morgan fingerprint density at radius 3 is 2.44 bits per heavy atom. The first-order valence-electron chi connectivity index (χ1n) is 5.73. The van der Waals surface area contributed by atoms with Gasteiger partial charge in [0.15, 0.2) is 0 Å². The van der Waals surface area contributed by atoms with Crippen molar-refractivity contribution in [3.63, 3.8) is 0 Å². The molecular formula is C13H17NO4. The molecule has 5 nitrogen and oxygen atoms in total. The zero-order valence-electron chi connectivity index (χ0n) is 10.5. The number of carbonyl (C=O) groups excluding carboxylic acids is 2. The molecule has 1 amide bonds. The zero-order chi connectivity index (χ0) is 13.5. The number of amides is 1. The fourth-order valence-corrected chi connectivity index (χ4v) is 1.51. The van der Waals surface area contributed by atoms with Crippen molar-refractivity contribution in [2.75, 3.05) is 13.7 Å². The summed E-state index contributed by atoms with van der Waals surface area (Å²) in [6.45, 7) is 1.72. The van der Waals surface area contributed by atoms with E-state index in [1.807, 2.05) is 6.92 Å². The van der Waals surface area contributed by atoms with E-state index in [1.165, 1.54) is 13.2 Å². The lowest BCUT2D eigenvalue weighted by molar-refractivity contribution is 0.0596. The third-order valence-electron chi connectivity index (χ3n) is 2.63. The molecule has 1 unspecified atom stereocenters. The van der Waals surface area contributed by atoms with Gasteiger partial charge in [-0.15, -0.1) is 0 Å². The van der Waals surface area contributed by atoms with Crippen LogP contribution in [0.4, 0.5) is 0 Å². The van der Waals surface area contributed by atoms with Gasteiger partial charge in [-0.1, -0.05) is 19.1 Å². The number of aliphatic hydroxyl groups is 1. The Morgan fingerprint density at radius 1 is 1.33 bits per heavy atom. The van der Waals surface area contributed by atoms with Crippen LogP contribution in [0, 0.1) is 0 Å². The molecule has 1 rings (SSSR count). The molecule has 0 saturated carbocycles. The van der Waals surface area contributed by atoms with Gasteiger partial charge in [0.2, 0.25) is 0 Å². The number of carbonyl (C=O) groups is 2. The van der Waals surface area contributed by atoms with Crippen LogP contribution in [-0.4, -0.2) is 36.7 Å². The van der Waals surface area contributed by atoms with E-state index >= 15 is 0 Å². The first-order chi connectivity index (χ1) is 8.63. The lowest BCUT2D eigenvalue weighted by Crippen LogP contribution is -2.37. The second-order valence-electron chi connectivity index (χ2n) is 3.80. The Morgan fingerprint density at radius 2 is 1.94 bits per heavy atom. The van der Waals surface area contributed by atoms with Crippen LogP contribution in [-0.2, 0) is 4.74 Å². The molecular weight excluding hydrogens is 234 g/mol. The molecule has 98 valence electrons. The second-order valence-corrected chi connectivity index (χ2v) is 3.80. The fourth-order valence-electron chi connectivity index (χ4n) is 1.51. The number of nitrogens with one attached hydrogen (secondary N) is 1. The molecule has 18 heavy (non-hydrogen) atoms. The number of esters is 1. The average Bonchev–Trinajstić information content (AvgIpc) is 2.43. The van der Waals surface area contributed by atoms with Gasteiger partial charge in [-0.25, -0.2) is 4.79 Å². The number of methoxy groups -OCH3 is 1. The summed E-state index contributed by atoms with van der Waals surface area (Å²) in [4.78, 5) is 23.5. The molecule has 1 aromatic rings. The Labute approximate surface area is 106 Å². The lowest BCUT2D eigenvalue weighted by atomic mass is 10.1. The summed E-state index contributed by atoms with van der Waals surface area (Å²) in [7, 11) is 1.26. The monoisotopic (exact) mass is 251 g/mol. The van der Waals surface area contributed by atoms with E-state index in [0.717, 1.165) is 0 Å². The van der Waals surface area contributed by atoms with Gasteiger partial charge >= 0.3 is 5.97 Å². The molecule has 0 heterocycles. The predicted molar refractivity (Wildman–Crippen MR) is 66.4 cm³/mol. The van der Waals surface area contributed by atoms with Gasteiger partial charge in [0, 0.05) is 0 Å². The van der Waals surface area contributed by atoms with Crippen molar-refractivity contribution in [2.45, 2.75) is 19.4 Å². The Bertz CT molecular complexity index is 427. The van der Waals surface area contributed by atoms with Gasteiger partial charge in [0.25, 0.3) is 5.91 Å². The summed E-state index contributed by atoms with van der Waals surface area (Å²) >= 11 is 0. The normalized spacial score (nSPS) is 11.7. The maximum atomic E-state index is 12.0. The fraction of sp³-hybridized carbons (Fsp3) is 0.385. The lowest BCUT2D eigenvalue weighted by Gasteiger charge is -2.15. The van der Waals surface area contributed by atoms with Gasteiger partial charge < -0.3 is 15.2 Å². The molecule has 0 bridgehead atoms. The molecule has 0 fully saturated rings. The van der Waals surface area contributed by atoms with Crippen LogP contribution in [0.25, 0.3) is 0 Å². The minimum atomic E-state index is -0.558. The van der Waals surface area contributed by atoms with E-state index in [2.05, 4.69) is 10.1 Å². The maximum absolute atomic E-state index is 12.0. The van der Waals surface area contributed by atoms with E-state index in [1.54, 1.807) is 18.2 Å². The predicted octanol–water partition coefficient (Wildman–Crippen LogP) is 0.974. The quantitative estimate of drug-likeness (QED) is 0.765. The SMILES string of the molecule is CCC(CO)NC(=O)c1ccccc1C(=O)OC. The molecule has 1 atom stereocenters.